The molecule has 35 heavy (non-hydrogen) atoms. The van der Waals surface area contributed by atoms with E-state index < -0.39 is 6.04 Å². The summed E-state index contributed by atoms with van der Waals surface area (Å²) in [4.78, 5) is 44.8. The molecular formula is C26H28ClN3O3S2. The van der Waals surface area contributed by atoms with Crippen LogP contribution in [0.1, 0.15) is 21.7 Å². The second-order valence-corrected chi connectivity index (χ2v) is 11.0. The Morgan fingerprint density at radius 1 is 0.943 bits per heavy atom. The van der Waals surface area contributed by atoms with Gasteiger partial charge < -0.3 is 15.1 Å². The molecule has 1 N–H and O–H groups in total. The molecule has 9 heteroatoms. The van der Waals surface area contributed by atoms with E-state index in [1.807, 2.05) is 59.3 Å². The van der Waals surface area contributed by atoms with Gasteiger partial charge in [0, 0.05) is 34.4 Å². The zero-order chi connectivity index (χ0) is 24.6. The Morgan fingerprint density at radius 2 is 1.60 bits per heavy atom. The maximum Gasteiger partial charge on any atom is 0.246 e. The monoisotopic (exact) mass is 529 g/mol. The predicted octanol–water partition coefficient (Wildman–Crippen LogP) is 4.04. The summed E-state index contributed by atoms with van der Waals surface area (Å²) in [6, 6.07) is 14.7. The number of hydrogen-bond donors (Lipinski definition) is 1. The molecule has 1 atom stereocenters. The van der Waals surface area contributed by atoms with Gasteiger partial charge in [0.2, 0.25) is 17.7 Å². The summed E-state index contributed by atoms with van der Waals surface area (Å²) in [5.74, 6) is -0.488. The van der Waals surface area contributed by atoms with E-state index >= 15 is 0 Å². The molecule has 3 aromatic rings. The van der Waals surface area contributed by atoms with Gasteiger partial charge >= 0.3 is 0 Å². The number of carbonyl (C=O) groups is 3. The van der Waals surface area contributed by atoms with Gasteiger partial charge in [0.15, 0.2) is 0 Å². The number of halogens is 1. The molecule has 6 nitrogen and oxygen atoms in total. The Balaban J connectivity index is 1.38. The van der Waals surface area contributed by atoms with Gasteiger partial charge in [0.1, 0.15) is 6.04 Å². The molecule has 1 unspecified atom stereocenters. The van der Waals surface area contributed by atoms with Crippen LogP contribution in [-0.4, -0.2) is 59.7 Å². The average molecular weight is 530 g/mol. The van der Waals surface area contributed by atoms with Crippen LogP contribution in [0.3, 0.4) is 0 Å². The lowest BCUT2D eigenvalue weighted by Crippen LogP contribution is -2.61. The molecular weight excluding hydrogens is 502 g/mol. The number of thiophene rings is 2. The third kappa shape index (κ3) is 7.16. The zero-order valence-corrected chi connectivity index (χ0v) is 21.7. The van der Waals surface area contributed by atoms with Crippen molar-refractivity contribution in [1.82, 2.24) is 15.1 Å². The highest BCUT2D eigenvalue weighted by Gasteiger charge is 2.40. The van der Waals surface area contributed by atoms with Crippen molar-refractivity contribution in [2.45, 2.75) is 31.7 Å². The van der Waals surface area contributed by atoms with Gasteiger partial charge in [-0.15, -0.1) is 22.7 Å². The molecule has 1 fully saturated rings. The molecule has 0 saturated carbocycles. The lowest BCUT2D eigenvalue weighted by Gasteiger charge is -2.40. The molecule has 3 amide bonds. The number of nitrogens with one attached hydrogen (secondary N) is 1. The van der Waals surface area contributed by atoms with Crippen LogP contribution in [0.4, 0.5) is 0 Å². The minimum Gasteiger partial charge on any atom is -0.356 e. The standard InChI is InChI=1S/C26H28ClN3O3S2/c27-20-7-5-19(6-8-20)9-12-28-24(31)17-23-26(33)29(13-10-21-3-1-15-34-21)18-25(32)30(23)14-11-22-4-2-16-35-22/h1-8,15-16,23H,9-14,17-18H2,(H,28,31). The topological polar surface area (TPSA) is 69.7 Å². The van der Waals surface area contributed by atoms with E-state index in [0.29, 0.717) is 43.9 Å². The maximum absolute atomic E-state index is 13.4. The summed E-state index contributed by atoms with van der Waals surface area (Å²) in [5, 5.41) is 7.58. The highest BCUT2D eigenvalue weighted by Crippen LogP contribution is 2.20. The van der Waals surface area contributed by atoms with E-state index in [1.165, 1.54) is 4.88 Å². The first-order chi connectivity index (χ1) is 17.0. The van der Waals surface area contributed by atoms with Crippen LogP contribution < -0.4 is 5.32 Å². The van der Waals surface area contributed by atoms with Crippen molar-refractivity contribution in [2.24, 2.45) is 0 Å². The molecule has 2 aromatic heterocycles. The van der Waals surface area contributed by atoms with Gasteiger partial charge in [-0.05, 0) is 59.9 Å². The molecule has 0 radical (unpaired) electrons. The predicted molar refractivity (Wildman–Crippen MR) is 141 cm³/mol. The number of piperazine rings is 1. The van der Waals surface area contributed by atoms with E-state index in [0.717, 1.165) is 10.4 Å². The fraction of sp³-hybridized carbons (Fsp3) is 0.346. The molecule has 3 heterocycles. The Bertz CT molecular complexity index is 1120. The quantitative estimate of drug-likeness (QED) is 0.407. The van der Waals surface area contributed by atoms with Crippen LogP contribution in [0, 0.1) is 0 Å². The summed E-state index contributed by atoms with van der Waals surface area (Å²) in [6.45, 7) is 1.40. The molecule has 0 bridgehead atoms. The van der Waals surface area contributed by atoms with Gasteiger partial charge in [0.05, 0.1) is 13.0 Å². The van der Waals surface area contributed by atoms with Crippen molar-refractivity contribution in [1.29, 1.82) is 0 Å². The molecule has 1 saturated heterocycles. The number of hydrogen-bond acceptors (Lipinski definition) is 5. The first-order valence-corrected chi connectivity index (χ1v) is 13.8. The van der Waals surface area contributed by atoms with E-state index in [2.05, 4.69) is 5.32 Å². The molecule has 0 spiro atoms. The van der Waals surface area contributed by atoms with Crippen molar-refractivity contribution in [3.8, 4) is 0 Å². The number of carbonyl (C=O) groups excluding carboxylic acids is 3. The van der Waals surface area contributed by atoms with Gasteiger partial charge in [0.25, 0.3) is 0 Å². The first-order valence-electron chi connectivity index (χ1n) is 11.6. The molecule has 0 aliphatic carbocycles. The van der Waals surface area contributed by atoms with Gasteiger partial charge in [-0.25, -0.2) is 0 Å². The average Bonchev–Trinajstić information content (AvgIpc) is 3.56. The Morgan fingerprint density at radius 3 is 2.23 bits per heavy atom. The largest absolute Gasteiger partial charge is 0.356 e. The van der Waals surface area contributed by atoms with Crippen molar-refractivity contribution < 1.29 is 14.4 Å². The smallest absolute Gasteiger partial charge is 0.246 e. The second-order valence-electron chi connectivity index (χ2n) is 8.45. The maximum atomic E-state index is 13.4. The van der Waals surface area contributed by atoms with Crippen LogP contribution >= 0.6 is 34.3 Å². The van der Waals surface area contributed by atoms with Gasteiger partial charge in [-0.3, -0.25) is 14.4 Å². The van der Waals surface area contributed by atoms with E-state index in [1.54, 1.807) is 32.5 Å². The first kappa shape index (κ1) is 25.4. The minimum atomic E-state index is -0.782. The van der Waals surface area contributed by atoms with E-state index in [-0.39, 0.29) is 30.7 Å². The summed E-state index contributed by atoms with van der Waals surface area (Å²) < 4.78 is 0. The molecule has 1 aliphatic heterocycles. The third-order valence-corrected chi connectivity index (χ3v) is 8.16. The van der Waals surface area contributed by atoms with Crippen molar-refractivity contribution >= 4 is 52.0 Å². The minimum absolute atomic E-state index is 0.0366. The molecule has 4 rings (SSSR count). The highest BCUT2D eigenvalue weighted by molar-refractivity contribution is 7.10. The van der Waals surface area contributed by atoms with Crippen molar-refractivity contribution in [2.75, 3.05) is 26.2 Å². The van der Waals surface area contributed by atoms with Crippen LogP contribution in [0.15, 0.2) is 59.3 Å². The summed E-state index contributed by atoms with van der Waals surface area (Å²) in [5.41, 5.74) is 1.07. The summed E-state index contributed by atoms with van der Waals surface area (Å²) in [6.07, 6.45) is 1.99. The van der Waals surface area contributed by atoms with E-state index in [4.69, 9.17) is 11.6 Å². The normalized spacial score (nSPS) is 16.1. The van der Waals surface area contributed by atoms with Gasteiger partial charge in [-0.1, -0.05) is 35.9 Å². The molecule has 1 aliphatic rings. The van der Waals surface area contributed by atoms with Crippen molar-refractivity contribution in [3.05, 3.63) is 79.6 Å². The SMILES string of the molecule is O=C(CC1C(=O)N(CCc2cccs2)CC(=O)N1CCc1cccs1)NCCc1ccc(Cl)cc1. The Labute approximate surface area is 218 Å². The van der Waals surface area contributed by atoms with Crippen LogP contribution in [0.5, 0.6) is 0 Å². The Kier molecular flexibility index (Phi) is 8.95. The van der Waals surface area contributed by atoms with Crippen LogP contribution in [-0.2, 0) is 33.6 Å². The fourth-order valence-corrected chi connectivity index (χ4v) is 5.67. The van der Waals surface area contributed by atoms with Gasteiger partial charge in [-0.2, -0.15) is 0 Å². The fourth-order valence-electron chi connectivity index (χ4n) is 4.15. The number of amides is 3. The Hall–Kier alpha value is -2.68. The highest BCUT2D eigenvalue weighted by atomic mass is 35.5. The third-order valence-electron chi connectivity index (χ3n) is 6.03. The zero-order valence-electron chi connectivity index (χ0n) is 19.3. The van der Waals surface area contributed by atoms with Crippen LogP contribution in [0.25, 0.3) is 0 Å². The van der Waals surface area contributed by atoms with Crippen LogP contribution in [0.2, 0.25) is 5.02 Å². The lowest BCUT2D eigenvalue weighted by atomic mass is 10.0. The lowest BCUT2D eigenvalue weighted by molar-refractivity contribution is -0.157. The van der Waals surface area contributed by atoms with E-state index in [9.17, 15) is 14.4 Å². The number of nitrogens with zero attached hydrogens (tertiary/aromatic N) is 2. The second kappa shape index (κ2) is 12.3. The number of rotatable bonds is 11. The molecule has 1 aromatic carbocycles. The number of benzene rings is 1. The summed E-state index contributed by atoms with van der Waals surface area (Å²) >= 11 is 9.19. The summed E-state index contributed by atoms with van der Waals surface area (Å²) in [7, 11) is 0. The molecule has 184 valence electrons. The van der Waals surface area contributed by atoms with Crippen molar-refractivity contribution in [3.63, 3.8) is 0 Å².